The van der Waals surface area contributed by atoms with E-state index < -0.39 is 0 Å². The number of amides is 1. The van der Waals surface area contributed by atoms with Gasteiger partial charge < -0.3 is 15.4 Å². The highest BCUT2D eigenvalue weighted by Gasteiger charge is 2.31. The average molecular weight is 263 g/mol. The first-order chi connectivity index (χ1) is 9.06. The van der Waals surface area contributed by atoms with Crippen molar-refractivity contribution < 1.29 is 9.53 Å². The van der Waals surface area contributed by atoms with Gasteiger partial charge in [-0.2, -0.15) is 0 Å². The zero-order valence-corrected chi connectivity index (χ0v) is 11.7. The topological polar surface area (TPSA) is 63.2 Å². The van der Waals surface area contributed by atoms with Gasteiger partial charge in [-0.3, -0.25) is 4.79 Å². The van der Waals surface area contributed by atoms with Crippen molar-refractivity contribution in [1.82, 2.24) is 10.3 Å². The molecule has 1 aromatic heterocycles. The molecule has 1 amide bonds. The maximum Gasteiger partial charge on any atom is 0.251 e. The Labute approximate surface area is 113 Å². The second-order valence-electron chi connectivity index (χ2n) is 5.15. The highest BCUT2D eigenvalue weighted by atomic mass is 16.5. The number of ether oxygens (including phenoxy) is 1. The summed E-state index contributed by atoms with van der Waals surface area (Å²) in [6.07, 6.45) is 1.65. The fraction of sp³-hybridized carbons (Fsp3) is 0.571. The molecule has 2 rings (SSSR count). The Kier molecular flexibility index (Phi) is 4.04. The van der Waals surface area contributed by atoms with Gasteiger partial charge in [0.2, 0.25) is 0 Å². The van der Waals surface area contributed by atoms with E-state index in [9.17, 15) is 4.79 Å². The minimum Gasteiger partial charge on any atom is -0.379 e. The van der Waals surface area contributed by atoms with Gasteiger partial charge in [-0.1, -0.05) is 6.92 Å². The summed E-state index contributed by atoms with van der Waals surface area (Å²) in [5.74, 6) is 0.652. The molecule has 1 aliphatic rings. The lowest BCUT2D eigenvalue weighted by atomic mass is 10.0. The van der Waals surface area contributed by atoms with Crippen LogP contribution in [0, 0.1) is 0 Å². The maximum absolute atomic E-state index is 12.3. The fourth-order valence-corrected chi connectivity index (χ4v) is 2.14. The van der Waals surface area contributed by atoms with Crippen LogP contribution in [0.15, 0.2) is 12.1 Å². The Balaban J connectivity index is 2.18. The van der Waals surface area contributed by atoms with E-state index in [2.05, 4.69) is 15.6 Å². The van der Waals surface area contributed by atoms with Crippen molar-refractivity contribution in [3.8, 4) is 0 Å². The summed E-state index contributed by atoms with van der Waals surface area (Å²) in [6.45, 7) is 5.31. The van der Waals surface area contributed by atoms with Crippen LogP contribution >= 0.6 is 0 Å². The summed E-state index contributed by atoms with van der Waals surface area (Å²) in [4.78, 5) is 16.7. The summed E-state index contributed by atoms with van der Waals surface area (Å²) in [7, 11) is 1.80. The molecule has 2 N–H and O–H groups in total. The number of carbonyl (C=O) groups is 1. The van der Waals surface area contributed by atoms with Crippen LogP contribution in [0.2, 0.25) is 0 Å². The number of aromatic nitrogens is 1. The number of rotatable bonds is 4. The molecule has 104 valence electrons. The molecule has 0 bridgehead atoms. The van der Waals surface area contributed by atoms with Gasteiger partial charge in [0, 0.05) is 24.9 Å². The second-order valence-corrected chi connectivity index (χ2v) is 5.15. The lowest BCUT2D eigenvalue weighted by Crippen LogP contribution is -2.46. The first kappa shape index (κ1) is 13.8. The molecule has 1 unspecified atom stereocenters. The van der Waals surface area contributed by atoms with Gasteiger partial charge in [0.1, 0.15) is 5.82 Å². The number of anilines is 1. The minimum atomic E-state index is -0.257. The summed E-state index contributed by atoms with van der Waals surface area (Å²) in [5, 5.41) is 6.04. The first-order valence-electron chi connectivity index (χ1n) is 6.65. The number of hydrogen-bond acceptors (Lipinski definition) is 4. The van der Waals surface area contributed by atoms with Gasteiger partial charge in [0.05, 0.1) is 12.1 Å². The number of nitrogens with one attached hydrogen (secondary N) is 2. The summed E-state index contributed by atoms with van der Waals surface area (Å²) in [5.41, 5.74) is 1.29. The van der Waals surface area contributed by atoms with Gasteiger partial charge >= 0.3 is 0 Å². The van der Waals surface area contributed by atoms with Crippen molar-refractivity contribution in [3.05, 3.63) is 23.4 Å². The van der Waals surface area contributed by atoms with E-state index in [0.29, 0.717) is 18.8 Å². The van der Waals surface area contributed by atoms with E-state index in [1.807, 2.05) is 19.9 Å². The van der Waals surface area contributed by atoms with Crippen LogP contribution in [0.4, 0.5) is 5.82 Å². The Hall–Kier alpha value is -1.62. The molecule has 0 aromatic carbocycles. The molecular weight excluding hydrogens is 242 g/mol. The van der Waals surface area contributed by atoms with Crippen LogP contribution in [-0.2, 0) is 11.2 Å². The first-order valence-corrected chi connectivity index (χ1v) is 6.65. The number of nitrogens with zero attached hydrogens (tertiary/aromatic N) is 1. The molecule has 5 heteroatoms. The van der Waals surface area contributed by atoms with Crippen molar-refractivity contribution in [3.63, 3.8) is 0 Å². The Morgan fingerprint density at radius 2 is 2.32 bits per heavy atom. The van der Waals surface area contributed by atoms with Crippen molar-refractivity contribution in [2.24, 2.45) is 0 Å². The van der Waals surface area contributed by atoms with Gasteiger partial charge in [0.15, 0.2) is 0 Å². The van der Waals surface area contributed by atoms with Crippen LogP contribution in [0.1, 0.15) is 36.3 Å². The smallest absolute Gasteiger partial charge is 0.251 e. The van der Waals surface area contributed by atoms with E-state index in [0.717, 1.165) is 24.4 Å². The molecule has 2 heterocycles. The van der Waals surface area contributed by atoms with E-state index in [1.165, 1.54) is 0 Å². The monoisotopic (exact) mass is 263 g/mol. The predicted molar refractivity (Wildman–Crippen MR) is 74.5 cm³/mol. The van der Waals surface area contributed by atoms with Crippen LogP contribution in [0.5, 0.6) is 0 Å². The van der Waals surface area contributed by atoms with Crippen LogP contribution < -0.4 is 10.6 Å². The summed E-state index contributed by atoms with van der Waals surface area (Å²) in [6, 6.07) is 3.61. The number of pyridine rings is 1. The van der Waals surface area contributed by atoms with E-state index >= 15 is 0 Å². The molecule has 0 spiro atoms. The van der Waals surface area contributed by atoms with Crippen LogP contribution in [0.3, 0.4) is 0 Å². The number of hydrogen-bond donors (Lipinski definition) is 2. The van der Waals surface area contributed by atoms with E-state index in [-0.39, 0.29) is 11.4 Å². The highest BCUT2D eigenvalue weighted by Crippen LogP contribution is 2.19. The standard InChI is InChI=1S/C14H21N3O2/c1-4-11-7-10(8-12(15-3)16-11)13(18)17-14(2)5-6-19-9-14/h7-8H,4-6,9H2,1-3H3,(H,15,16)(H,17,18). The van der Waals surface area contributed by atoms with Gasteiger partial charge in [-0.25, -0.2) is 4.98 Å². The lowest BCUT2D eigenvalue weighted by Gasteiger charge is -2.23. The Morgan fingerprint density at radius 1 is 1.53 bits per heavy atom. The van der Waals surface area contributed by atoms with E-state index in [1.54, 1.807) is 13.1 Å². The highest BCUT2D eigenvalue weighted by molar-refractivity contribution is 5.95. The predicted octanol–water partition coefficient (Wildman–Crippen LogP) is 1.59. The minimum absolute atomic E-state index is 0.0680. The lowest BCUT2D eigenvalue weighted by molar-refractivity contribution is 0.0889. The van der Waals surface area contributed by atoms with Gasteiger partial charge in [-0.05, 0) is 31.9 Å². The molecule has 1 atom stereocenters. The molecular formula is C14H21N3O2. The Bertz CT molecular complexity index is 446. The molecule has 1 saturated heterocycles. The Morgan fingerprint density at radius 3 is 2.89 bits per heavy atom. The van der Waals surface area contributed by atoms with Gasteiger partial charge in [-0.15, -0.1) is 0 Å². The maximum atomic E-state index is 12.3. The van der Waals surface area contributed by atoms with Crippen LogP contribution in [-0.4, -0.2) is 36.7 Å². The molecule has 1 aromatic rings. The quantitative estimate of drug-likeness (QED) is 0.866. The van der Waals surface area contributed by atoms with Crippen molar-refractivity contribution in [2.75, 3.05) is 25.6 Å². The van der Waals surface area contributed by atoms with Crippen molar-refractivity contribution >= 4 is 11.7 Å². The second kappa shape index (κ2) is 5.57. The molecule has 1 fully saturated rings. The molecule has 0 aliphatic carbocycles. The van der Waals surface area contributed by atoms with Crippen molar-refractivity contribution in [2.45, 2.75) is 32.2 Å². The molecule has 1 aliphatic heterocycles. The molecule has 0 radical (unpaired) electrons. The molecule has 0 saturated carbocycles. The number of aryl methyl sites for hydroxylation is 1. The van der Waals surface area contributed by atoms with Crippen LogP contribution in [0.25, 0.3) is 0 Å². The SMILES string of the molecule is CCc1cc(C(=O)NC2(C)CCOC2)cc(NC)n1. The summed E-state index contributed by atoms with van der Waals surface area (Å²) < 4.78 is 5.35. The summed E-state index contributed by atoms with van der Waals surface area (Å²) >= 11 is 0. The number of carbonyl (C=O) groups excluding carboxylic acids is 1. The molecule has 5 nitrogen and oxygen atoms in total. The van der Waals surface area contributed by atoms with Gasteiger partial charge in [0.25, 0.3) is 5.91 Å². The zero-order chi connectivity index (χ0) is 13.9. The largest absolute Gasteiger partial charge is 0.379 e. The third-order valence-electron chi connectivity index (χ3n) is 3.39. The van der Waals surface area contributed by atoms with Crippen molar-refractivity contribution in [1.29, 1.82) is 0 Å². The third-order valence-corrected chi connectivity index (χ3v) is 3.39. The molecule has 19 heavy (non-hydrogen) atoms. The zero-order valence-electron chi connectivity index (χ0n) is 11.7. The van der Waals surface area contributed by atoms with E-state index in [4.69, 9.17) is 4.74 Å². The average Bonchev–Trinajstić information content (AvgIpc) is 2.84. The fourth-order valence-electron chi connectivity index (χ4n) is 2.14. The normalized spacial score (nSPS) is 22.3. The third kappa shape index (κ3) is 3.23.